The molecule has 1 amide bonds. The third kappa shape index (κ3) is 6.87. The zero-order valence-electron chi connectivity index (χ0n) is 15.3. The van der Waals surface area contributed by atoms with Gasteiger partial charge in [-0.1, -0.05) is 50.2 Å². The second kappa shape index (κ2) is 9.72. The average Bonchev–Trinajstić information content (AvgIpc) is 2.61. The Morgan fingerprint density at radius 1 is 1.04 bits per heavy atom. The predicted octanol–water partition coefficient (Wildman–Crippen LogP) is 4.40. The number of anilines is 1. The van der Waals surface area contributed by atoms with Crippen LogP contribution >= 0.6 is 0 Å². The van der Waals surface area contributed by atoms with Crippen LogP contribution in [0.25, 0.3) is 0 Å². The van der Waals surface area contributed by atoms with E-state index in [-0.39, 0.29) is 18.5 Å². The Hall–Kier alpha value is -2.49. The minimum absolute atomic E-state index is 0.0128. The smallest absolute Gasteiger partial charge is 0.239 e. The highest BCUT2D eigenvalue weighted by atomic mass is 16.5. The second-order valence-electron chi connectivity index (χ2n) is 6.61. The molecule has 0 fully saturated rings. The van der Waals surface area contributed by atoms with E-state index in [0.29, 0.717) is 12.5 Å². The minimum atomic E-state index is -0.0394. The van der Waals surface area contributed by atoms with E-state index in [1.54, 1.807) is 0 Å². The maximum absolute atomic E-state index is 12.1. The van der Waals surface area contributed by atoms with Gasteiger partial charge in [-0.05, 0) is 37.0 Å². The van der Waals surface area contributed by atoms with E-state index in [1.807, 2.05) is 61.5 Å². The van der Waals surface area contributed by atoms with Gasteiger partial charge in [-0.25, -0.2) is 0 Å². The van der Waals surface area contributed by atoms with Gasteiger partial charge in [-0.15, -0.1) is 0 Å². The molecule has 2 rings (SSSR count). The van der Waals surface area contributed by atoms with Crippen LogP contribution in [0.1, 0.15) is 38.8 Å². The number of ether oxygens (including phenoxy) is 1. The van der Waals surface area contributed by atoms with Gasteiger partial charge in [0.2, 0.25) is 5.91 Å². The Kier molecular flexibility index (Phi) is 7.33. The van der Waals surface area contributed by atoms with E-state index in [1.165, 1.54) is 0 Å². The van der Waals surface area contributed by atoms with Crippen LogP contribution in [0.5, 0.6) is 5.75 Å². The zero-order valence-corrected chi connectivity index (χ0v) is 15.3. The third-order valence-corrected chi connectivity index (χ3v) is 3.93. The first-order valence-corrected chi connectivity index (χ1v) is 8.85. The molecule has 0 bridgehead atoms. The molecule has 0 aliphatic rings. The summed E-state index contributed by atoms with van der Waals surface area (Å²) in [6.45, 7) is 7.27. The Morgan fingerprint density at radius 3 is 2.52 bits per heavy atom. The van der Waals surface area contributed by atoms with Crippen molar-refractivity contribution < 1.29 is 9.53 Å². The Labute approximate surface area is 150 Å². The lowest BCUT2D eigenvalue weighted by Crippen LogP contribution is -2.32. The molecule has 134 valence electrons. The first-order valence-electron chi connectivity index (χ1n) is 8.85. The van der Waals surface area contributed by atoms with E-state index in [0.717, 1.165) is 23.4 Å². The van der Waals surface area contributed by atoms with Crippen molar-refractivity contribution in [3.05, 3.63) is 60.2 Å². The maximum atomic E-state index is 12.1. The highest BCUT2D eigenvalue weighted by Gasteiger charge is 2.09. The Bertz CT molecular complexity index is 656. The molecule has 1 atom stereocenters. The summed E-state index contributed by atoms with van der Waals surface area (Å²) >= 11 is 0. The number of rotatable bonds is 9. The molecule has 2 aromatic rings. The first kappa shape index (κ1) is 18.8. The topological polar surface area (TPSA) is 50.4 Å². The van der Waals surface area contributed by atoms with E-state index < -0.39 is 0 Å². The monoisotopic (exact) mass is 340 g/mol. The molecule has 0 aromatic heterocycles. The summed E-state index contributed by atoms with van der Waals surface area (Å²) in [6.07, 6.45) is 1.03. The first-order chi connectivity index (χ1) is 12.0. The quantitative estimate of drug-likeness (QED) is 0.711. The predicted molar refractivity (Wildman–Crippen MR) is 103 cm³/mol. The fourth-order valence-electron chi connectivity index (χ4n) is 2.41. The van der Waals surface area contributed by atoms with Gasteiger partial charge in [0.15, 0.2) is 0 Å². The summed E-state index contributed by atoms with van der Waals surface area (Å²) in [4.78, 5) is 12.1. The molecule has 0 spiro atoms. The molecule has 2 N–H and O–H groups in total. The van der Waals surface area contributed by atoms with Crippen LogP contribution in [-0.4, -0.2) is 19.1 Å². The molecule has 0 aliphatic heterocycles. The molecule has 25 heavy (non-hydrogen) atoms. The minimum Gasteiger partial charge on any atom is -0.494 e. The standard InChI is InChI=1S/C21H28N2O2/c1-16(2)12-13-25-20-11-7-10-19(14-20)22-15-21(24)23-17(3)18-8-5-4-6-9-18/h4-11,14,16-17,22H,12-13,15H2,1-3H3,(H,23,24). The molecule has 0 aliphatic carbocycles. The van der Waals surface area contributed by atoms with Crippen LogP contribution < -0.4 is 15.4 Å². The van der Waals surface area contributed by atoms with Gasteiger partial charge in [0.05, 0.1) is 19.2 Å². The molecule has 0 heterocycles. The summed E-state index contributed by atoms with van der Waals surface area (Å²) in [5.74, 6) is 1.41. The van der Waals surface area contributed by atoms with E-state index >= 15 is 0 Å². The van der Waals surface area contributed by atoms with E-state index in [2.05, 4.69) is 24.5 Å². The normalized spacial score (nSPS) is 11.8. The lowest BCUT2D eigenvalue weighted by molar-refractivity contribution is -0.120. The second-order valence-corrected chi connectivity index (χ2v) is 6.61. The van der Waals surface area contributed by atoms with Crippen LogP contribution in [0, 0.1) is 5.92 Å². The molecule has 0 saturated carbocycles. The van der Waals surface area contributed by atoms with Gasteiger partial charge in [-0.3, -0.25) is 4.79 Å². The third-order valence-electron chi connectivity index (χ3n) is 3.93. The molecule has 4 heteroatoms. The Balaban J connectivity index is 1.79. The van der Waals surface area contributed by atoms with Gasteiger partial charge in [0.25, 0.3) is 0 Å². The average molecular weight is 340 g/mol. The van der Waals surface area contributed by atoms with Gasteiger partial charge >= 0.3 is 0 Å². The number of hydrogen-bond donors (Lipinski definition) is 2. The van der Waals surface area contributed by atoms with Crippen molar-refractivity contribution in [2.24, 2.45) is 5.92 Å². The van der Waals surface area contributed by atoms with Crippen LogP contribution in [-0.2, 0) is 4.79 Å². The van der Waals surface area contributed by atoms with Crippen molar-refractivity contribution >= 4 is 11.6 Å². The fraction of sp³-hybridized carbons (Fsp3) is 0.381. The molecule has 2 aromatic carbocycles. The summed E-state index contributed by atoms with van der Waals surface area (Å²) in [5.41, 5.74) is 1.97. The van der Waals surface area contributed by atoms with Gasteiger partial charge in [0.1, 0.15) is 5.75 Å². The lowest BCUT2D eigenvalue weighted by Gasteiger charge is -2.15. The molecule has 4 nitrogen and oxygen atoms in total. The molecular formula is C21H28N2O2. The molecule has 0 radical (unpaired) electrons. The fourth-order valence-corrected chi connectivity index (χ4v) is 2.41. The number of carbonyl (C=O) groups is 1. The maximum Gasteiger partial charge on any atom is 0.239 e. The number of nitrogens with one attached hydrogen (secondary N) is 2. The van der Waals surface area contributed by atoms with Crippen molar-refractivity contribution in [3.8, 4) is 5.75 Å². The molecule has 0 saturated heterocycles. The summed E-state index contributed by atoms with van der Waals surface area (Å²) < 4.78 is 5.75. The van der Waals surface area contributed by atoms with Gasteiger partial charge < -0.3 is 15.4 Å². The molecular weight excluding hydrogens is 312 g/mol. The lowest BCUT2D eigenvalue weighted by atomic mass is 10.1. The van der Waals surface area contributed by atoms with E-state index in [4.69, 9.17) is 4.74 Å². The van der Waals surface area contributed by atoms with Gasteiger partial charge in [0, 0.05) is 11.8 Å². The van der Waals surface area contributed by atoms with Crippen molar-refractivity contribution in [1.29, 1.82) is 0 Å². The number of hydrogen-bond acceptors (Lipinski definition) is 3. The SMILES string of the molecule is CC(C)CCOc1cccc(NCC(=O)NC(C)c2ccccc2)c1. The summed E-state index contributed by atoms with van der Waals surface area (Å²) in [7, 11) is 0. The largest absolute Gasteiger partial charge is 0.494 e. The molecule has 1 unspecified atom stereocenters. The van der Waals surface area contributed by atoms with Crippen LogP contribution in [0.2, 0.25) is 0 Å². The zero-order chi connectivity index (χ0) is 18.1. The van der Waals surface area contributed by atoms with Crippen LogP contribution in [0.4, 0.5) is 5.69 Å². The summed E-state index contributed by atoms with van der Waals surface area (Å²) in [6, 6.07) is 17.6. The van der Waals surface area contributed by atoms with Gasteiger partial charge in [-0.2, -0.15) is 0 Å². The highest BCUT2D eigenvalue weighted by molar-refractivity contribution is 5.81. The van der Waals surface area contributed by atoms with Crippen molar-refractivity contribution in [1.82, 2.24) is 5.32 Å². The Morgan fingerprint density at radius 2 is 1.80 bits per heavy atom. The summed E-state index contributed by atoms with van der Waals surface area (Å²) in [5, 5.41) is 6.14. The number of benzene rings is 2. The van der Waals surface area contributed by atoms with Crippen molar-refractivity contribution in [2.45, 2.75) is 33.2 Å². The van der Waals surface area contributed by atoms with Crippen molar-refractivity contribution in [2.75, 3.05) is 18.5 Å². The van der Waals surface area contributed by atoms with Crippen LogP contribution in [0.3, 0.4) is 0 Å². The number of carbonyl (C=O) groups excluding carboxylic acids is 1. The van der Waals surface area contributed by atoms with Crippen LogP contribution in [0.15, 0.2) is 54.6 Å². The highest BCUT2D eigenvalue weighted by Crippen LogP contribution is 2.18. The van der Waals surface area contributed by atoms with Crippen molar-refractivity contribution in [3.63, 3.8) is 0 Å². The van der Waals surface area contributed by atoms with E-state index in [9.17, 15) is 4.79 Å². The number of amides is 1.